The smallest absolute Gasteiger partial charge is 0.303 e. The van der Waals surface area contributed by atoms with Crippen LogP contribution in [0.5, 0.6) is 5.75 Å². The van der Waals surface area contributed by atoms with Crippen LogP contribution < -0.4 is 10.1 Å². The molecule has 1 aromatic heterocycles. The Labute approximate surface area is 178 Å². The molecular weight excluding hydrogens is 400 g/mol. The Morgan fingerprint density at radius 1 is 1.10 bits per heavy atom. The lowest BCUT2D eigenvalue weighted by Gasteiger charge is -2.26. The summed E-state index contributed by atoms with van der Waals surface area (Å²) in [6, 6.07) is 15.0. The molecule has 4 rings (SSSR count). The number of carboxylic acid groups (broad SMARTS) is 1. The number of ether oxygens (including phenoxy) is 1. The van der Waals surface area contributed by atoms with Crippen molar-refractivity contribution in [1.82, 2.24) is 4.98 Å². The molecule has 0 unspecified atom stereocenters. The van der Waals surface area contributed by atoms with Gasteiger partial charge in [-0.3, -0.25) is 9.59 Å². The maximum absolute atomic E-state index is 12.5. The number of carbonyl (C=O) groups is 2. The van der Waals surface area contributed by atoms with E-state index in [4.69, 9.17) is 9.84 Å². The van der Waals surface area contributed by atoms with Crippen LogP contribution in [-0.4, -0.2) is 28.1 Å². The number of rotatable bonds is 8. The highest BCUT2D eigenvalue weighted by Gasteiger charge is 2.19. The van der Waals surface area contributed by atoms with Crippen molar-refractivity contribution in [2.75, 3.05) is 5.32 Å². The number of carbonyl (C=O) groups excluding carboxylic acids is 1. The van der Waals surface area contributed by atoms with Crippen LogP contribution in [0.1, 0.15) is 41.7 Å². The van der Waals surface area contributed by atoms with Crippen molar-refractivity contribution in [2.45, 2.75) is 38.2 Å². The van der Waals surface area contributed by atoms with Crippen LogP contribution in [0, 0.1) is 0 Å². The fourth-order valence-corrected chi connectivity index (χ4v) is 3.88. The Morgan fingerprint density at radius 3 is 2.47 bits per heavy atom. The SMILES string of the molecule is O=C(O)CCc1ccc(NC(=O)c2csc(-c3ccc(OC4CCC4)cc3)n2)cc1. The van der Waals surface area contributed by atoms with Crippen molar-refractivity contribution in [2.24, 2.45) is 0 Å². The minimum absolute atomic E-state index is 0.0843. The maximum Gasteiger partial charge on any atom is 0.303 e. The highest BCUT2D eigenvalue weighted by Crippen LogP contribution is 2.29. The van der Waals surface area contributed by atoms with E-state index in [-0.39, 0.29) is 12.3 Å². The van der Waals surface area contributed by atoms with Crippen LogP contribution >= 0.6 is 11.3 Å². The van der Waals surface area contributed by atoms with Gasteiger partial charge in [-0.1, -0.05) is 12.1 Å². The number of amides is 1. The number of thiazole rings is 1. The van der Waals surface area contributed by atoms with Gasteiger partial charge in [0.1, 0.15) is 16.5 Å². The Bertz CT molecular complexity index is 1020. The number of aryl methyl sites for hydroxylation is 1. The molecule has 0 saturated heterocycles. The summed E-state index contributed by atoms with van der Waals surface area (Å²) in [7, 11) is 0. The minimum atomic E-state index is -0.827. The standard InChI is InChI=1S/C23H22N2O4S/c26-21(27)13-6-15-4-9-17(10-5-15)24-22(28)20-14-30-23(25-20)16-7-11-19(12-8-16)29-18-2-1-3-18/h4-5,7-12,14,18H,1-3,6,13H2,(H,24,28)(H,26,27). The first kappa shape index (κ1) is 20.1. The Balaban J connectivity index is 1.36. The summed E-state index contributed by atoms with van der Waals surface area (Å²) >= 11 is 1.42. The number of carboxylic acids is 1. The largest absolute Gasteiger partial charge is 0.490 e. The highest BCUT2D eigenvalue weighted by molar-refractivity contribution is 7.13. The van der Waals surface area contributed by atoms with Gasteiger partial charge in [0.05, 0.1) is 6.10 Å². The molecule has 6 nitrogen and oxygen atoms in total. The number of aromatic nitrogens is 1. The number of nitrogens with zero attached hydrogens (tertiary/aromatic N) is 1. The molecular formula is C23H22N2O4S. The van der Waals surface area contributed by atoms with Gasteiger partial charge in [0.2, 0.25) is 0 Å². The van der Waals surface area contributed by atoms with Gasteiger partial charge in [0.25, 0.3) is 5.91 Å². The van der Waals surface area contributed by atoms with Gasteiger partial charge < -0.3 is 15.2 Å². The van der Waals surface area contributed by atoms with Gasteiger partial charge in [-0.2, -0.15) is 0 Å². The average Bonchev–Trinajstić information content (AvgIpc) is 3.21. The summed E-state index contributed by atoms with van der Waals surface area (Å²) in [5.41, 5.74) is 2.87. The van der Waals surface area contributed by atoms with E-state index in [2.05, 4.69) is 10.3 Å². The zero-order chi connectivity index (χ0) is 20.9. The third-order valence-corrected chi connectivity index (χ3v) is 5.92. The summed E-state index contributed by atoms with van der Waals surface area (Å²) in [6.07, 6.45) is 4.37. The zero-order valence-corrected chi connectivity index (χ0v) is 17.2. The quantitative estimate of drug-likeness (QED) is 0.533. The summed E-state index contributed by atoms with van der Waals surface area (Å²) in [5, 5.41) is 14.1. The van der Waals surface area contributed by atoms with Crippen molar-refractivity contribution < 1.29 is 19.4 Å². The first-order chi connectivity index (χ1) is 14.6. The maximum atomic E-state index is 12.5. The average molecular weight is 423 g/mol. The topological polar surface area (TPSA) is 88.5 Å². The Kier molecular flexibility index (Phi) is 6.09. The van der Waals surface area contributed by atoms with Gasteiger partial charge in [-0.15, -0.1) is 11.3 Å². The van der Waals surface area contributed by atoms with E-state index in [0.29, 0.717) is 23.9 Å². The van der Waals surface area contributed by atoms with Crippen LogP contribution in [-0.2, 0) is 11.2 Å². The second kappa shape index (κ2) is 9.09. The molecule has 154 valence electrons. The lowest BCUT2D eigenvalue weighted by atomic mass is 9.96. The summed E-state index contributed by atoms with van der Waals surface area (Å²) < 4.78 is 5.88. The first-order valence-electron chi connectivity index (χ1n) is 9.91. The number of nitrogens with one attached hydrogen (secondary N) is 1. The number of benzene rings is 2. The molecule has 0 aliphatic heterocycles. The molecule has 2 N–H and O–H groups in total. The molecule has 1 heterocycles. The molecule has 2 aromatic carbocycles. The molecule has 1 saturated carbocycles. The van der Waals surface area contributed by atoms with Crippen LogP contribution in [0.4, 0.5) is 5.69 Å². The zero-order valence-electron chi connectivity index (χ0n) is 16.3. The van der Waals surface area contributed by atoms with Crippen LogP contribution in [0.3, 0.4) is 0 Å². The van der Waals surface area contributed by atoms with Crippen LogP contribution in [0.2, 0.25) is 0 Å². The lowest BCUT2D eigenvalue weighted by Crippen LogP contribution is -2.24. The molecule has 7 heteroatoms. The molecule has 30 heavy (non-hydrogen) atoms. The number of hydrogen-bond donors (Lipinski definition) is 2. The van der Waals surface area contributed by atoms with Gasteiger partial charge in [-0.05, 0) is 67.6 Å². The molecule has 1 aliphatic rings. The van der Waals surface area contributed by atoms with Crippen LogP contribution in [0.15, 0.2) is 53.9 Å². The number of aliphatic carboxylic acids is 1. The van der Waals surface area contributed by atoms with Crippen molar-refractivity contribution in [3.05, 3.63) is 65.2 Å². The molecule has 0 radical (unpaired) electrons. The molecule has 1 amide bonds. The second-order valence-corrected chi connectivity index (χ2v) is 8.14. The van der Waals surface area contributed by atoms with Gasteiger partial charge in [-0.25, -0.2) is 4.98 Å². The summed E-state index contributed by atoms with van der Waals surface area (Å²) in [5.74, 6) is -0.238. The second-order valence-electron chi connectivity index (χ2n) is 7.28. The molecule has 3 aromatic rings. The third-order valence-electron chi connectivity index (χ3n) is 5.03. The van der Waals surface area contributed by atoms with Gasteiger partial charge in [0, 0.05) is 23.1 Å². The number of hydrogen-bond acceptors (Lipinski definition) is 5. The van der Waals surface area contributed by atoms with Crippen molar-refractivity contribution in [1.29, 1.82) is 0 Å². The lowest BCUT2D eigenvalue weighted by molar-refractivity contribution is -0.136. The van der Waals surface area contributed by atoms with Crippen molar-refractivity contribution >= 4 is 28.9 Å². The molecule has 1 fully saturated rings. The van der Waals surface area contributed by atoms with E-state index >= 15 is 0 Å². The Hall–Kier alpha value is -3.19. The molecule has 0 bridgehead atoms. The van der Waals surface area contributed by atoms with E-state index < -0.39 is 5.97 Å². The predicted molar refractivity (Wildman–Crippen MR) is 116 cm³/mol. The fourth-order valence-electron chi connectivity index (χ4n) is 3.07. The minimum Gasteiger partial charge on any atom is -0.490 e. The van der Waals surface area contributed by atoms with E-state index in [9.17, 15) is 9.59 Å². The summed E-state index contributed by atoms with van der Waals surface area (Å²) in [4.78, 5) is 27.6. The van der Waals surface area contributed by atoms with E-state index in [1.54, 1.807) is 17.5 Å². The van der Waals surface area contributed by atoms with Crippen molar-refractivity contribution in [3.8, 4) is 16.3 Å². The highest BCUT2D eigenvalue weighted by atomic mass is 32.1. The first-order valence-corrected chi connectivity index (χ1v) is 10.8. The van der Waals surface area contributed by atoms with E-state index in [1.807, 2.05) is 36.4 Å². The monoisotopic (exact) mass is 422 g/mol. The van der Waals surface area contributed by atoms with Gasteiger partial charge >= 0.3 is 5.97 Å². The summed E-state index contributed by atoms with van der Waals surface area (Å²) in [6.45, 7) is 0. The predicted octanol–water partition coefficient (Wildman–Crippen LogP) is 5.01. The Morgan fingerprint density at radius 2 is 1.83 bits per heavy atom. The molecule has 0 spiro atoms. The van der Waals surface area contributed by atoms with Gasteiger partial charge in [0.15, 0.2) is 0 Å². The van der Waals surface area contributed by atoms with Crippen LogP contribution in [0.25, 0.3) is 10.6 Å². The van der Waals surface area contributed by atoms with E-state index in [0.717, 1.165) is 34.7 Å². The molecule has 1 aliphatic carbocycles. The number of anilines is 1. The third kappa shape index (κ3) is 5.04. The fraction of sp³-hybridized carbons (Fsp3) is 0.261. The molecule has 0 atom stereocenters. The van der Waals surface area contributed by atoms with E-state index in [1.165, 1.54) is 17.8 Å². The normalized spacial score (nSPS) is 13.5. The van der Waals surface area contributed by atoms with Crippen molar-refractivity contribution in [3.63, 3.8) is 0 Å².